The Hall–Kier alpha value is -1.66. The summed E-state index contributed by atoms with van der Waals surface area (Å²) in [7, 11) is 0. The first-order valence-electron chi connectivity index (χ1n) is 5.92. The molecule has 2 aromatic carbocycles. The lowest BCUT2D eigenvalue weighted by atomic mass is 10.2. The van der Waals surface area contributed by atoms with Crippen LogP contribution in [0.15, 0.2) is 36.4 Å². The van der Waals surface area contributed by atoms with Gasteiger partial charge in [0, 0.05) is 17.0 Å². The van der Waals surface area contributed by atoms with Crippen molar-refractivity contribution in [3.8, 4) is 5.75 Å². The molecule has 0 fully saturated rings. The lowest BCUT2D eigenvalue weighted by Gasteiger charge is -2.09. The molecule has 0 aliphatic rings. The summed E-state index contributed by atoms with van der Waals surface area (Å²) < 4.78 is 19.2. The van der Waals surface area contributed by atoms with Crippen LogP contribution < -0.4 is 4.74 Å². The van der Waals surface area contributed by atoms with Crippen LogP contribution in [0.3, 0.4) is 0 Å². The predicted molar refractivity (Wildman–Crippen MR) is 81.5 cm³/mol. The summed E-state index contributed by atoms with van der Waals surface area (Å²) in [4.78, 5) is 10.4. The molecule has 0 amide bonds. The number of benzene rings is 2. The summed E-state index contributed by atoms with van der Waals surface area (Å²) in [5.41, 5.74) is 0.894. The molecule has 0 N–H and O–H groups in total. The Kier molecular flexibility index (Phi) is 5.14. The van der Waals surface area contributed by atoms with E-state index in [2.05, 4.69) is 15.9 Å². The molecule has 0 heterocycles. The fraction of sp³-hybridized carbons (Fsp3) is 0.143. The number of halogens is 3. The van der Waals surface area contributed by atoms with Crippen LogP contribution in [0.2, 0.25) is 5.02 Å². The van der Waals surface area contributed by atoms with Gasteiger partial charge in [-0.2, -0.15) is 0 Å². The molecule has 0 radical (unpaired) electrons. The largest absolute Gasteiger partial charge is 0.482 e. The molecule has 0 saturated carbocycles. The first-order chi connectivity index (χ1) is 10.0. The van der Waals surface area contributed by atoms with Gasteiger partial charge >= 0.3 is 5.69 Å². The number of rotatable bonds is 5. The average molecular weight is 375 g/mol. The van der Waals surface area contributed by atoms with Crippen LogP contribution in [-0.4, -0.2) is 4.92 Å². The minimum atomic E-state index is -0.585. The second-order valence-electron chi connectivity index (χ2n) is 4.19. The number of nitro groups is 1. The van der Waals surface area contributed by atoms with Crippen molar-refractivity contribution in [2.45, 2.75) is 11.9 Å². The summed E-state index contributed by atoms with van der Waals surface area (Å²) in [6.07, 6.45) is 0. The molecule has 0 unspecified atom stereocenters. The highest BCUT2D eigenvalue weighted by atomic mass is 79.9. The topological polar surface area (TPSA) is 52.4 Å². The standard InChI is InChI=1S/C14H10BrClFNO3/c15-7-9-4-5-12(18(19)20)13(6-9)21-8-10-2-1-3-11(16)14(10)17/h1-6H,7-8H2. The first kappa shape index (κ1) is 15.7. The van der Waals surface area contributed by atoms with Crippen molar-refractivity contribution in [2.75, 3.05) is 0 Å². The van der Waals surface area contributed by atoms with Gasteiger partial charge < -0.3 is 4.74 Å². The van der Waals surface area contributed by atoms with E-state index < -0.39 is 10.7 Å². The van der Waals surface area contributed by atoms with E-state index in [9.17, 15) is 14.5 Å². The minimum Gasteiger partial charge on any atom is -0.482 e. The Morgan fingerprint density at radius 3 is 2.76 bits per heavy atom. The fourth-order valence-electron chi connectivity index (χ4n) is 1.72. The zero-order valence-electron chi connectivity index (χ0n) is 10.7. The van der Waals surface area contributed by atoms with Gasteiger partial charge in [0.05, 0.1) is 9.95 Å². The molecule has 4 nitrogen and oxygen atoms in total. The first-order valence-corrected chi connectivity index (χ1v) is 7.42. The maximum Gasteiger partial charge on any atom is 0.310 e. The van der Waals surface area contributed by atoms with Crippen molar-refractivity contribution in [3.63, 3.8) is 0 Å². The maximum atomic E-state index is 13.8. The summed E-state index contributed by atoms with van der Waals surface area (Å²) in [6.45, 7) is -0.140. The van der Waals surface area contributed by atoms with Crippen LogP contribution in [0, 0.1) is 15.9 Å². The fourth-order valence-corrected chi connectivity index (χ4v) is 2.27. The van der Waals surface area contributed by atoms with E-state index in [-0.39, 0.29) is 28.6 Å². The number of hydrogen-bond donors (Lipinski definition) is 0. The van der Waals surface area contributed by atoms with E-state index in [4.69, 9.17) is 16.3 Å². The van der Waals surface area contributed by atoms with Crippen LogP contribution in [0.5, 0.6) is 5.75 Å². The van der Waals surface area contributed by atoms with Gasteiger partial charge in [0.1, 0.15) is 12.4 Å². The van der Waals surface area contributed by atoms with Crippen molar-refractivity contribution in [3.05, 3.63) is 68.5 Å². The second-order valence-corrected chi connectivity index (χ2v) is 5.16. The normalized spacial score (nSPS) is 10.4. The van der Waals surface area contributed by atoms with Gasteiger partial charge in [-0.3, -0.25) is 10.1 Å². The molecular formula is C14H10BrClFNO3. The van der Waals surface area contributed by atoms with E-state index in [1.807, 2.05) is 0 Å². The predicted octanol–water partition coefficient (Wildman–Crippen LogP) is 4.86. The molecule has 0 atom stereocenters. The molecule has 0 aliphatic heterocycles. The van der Waals surface area contributed by atoms with Crippen LogP contribution in [-0.2, 0) is 11.9 Å². The number of alkyl halides is 1. The molecule has 0 bridgehead atoms. The molecule has 0 spiro atoms. The van der Waals surface area contributed by atoms with Gasteiger partial charge in [0.15, 0.2) is 5.75 Å². The van der Waals surface area contributed by atoms with Gasteiger partial charge in [0.25, 0.3) is 0 Å². The van der Waals surface area contributed by atoms with Crippen molar-refractivity contribution in [1.82, 2.24) is 0 Å². The Morgan fingerprint density at radius 2 is 2.10 bits per heavy atom. The molecule has 21 heavy (non-hydrogen) atoms. The lowest BCUT2D eigenvalue weighted by molar-refractivity contribution is -0.386. The molecule has 2 rings (SSSR count). The Bertz CT molecular complexity index is 681. The quantitative estimate of drug-likeness (QED) is 0.426. The van der Waals surface area contributed by atoms with Crippen LogP contribution in [0.4, 0.5) is 10.1 Å². The van der Waals surface area contributed by atoms with Gasteiger partial charge in [-0.1, -0.05) is 45.7 Å². The van der Waals surface area contributed by atoms with Crippen molar-refractivity contribution in [2.24, 2.45) is 0 Å². The highest BCUT2D eigenvalue weighted by Crippen LogP contribution is 2.30. The average Bonchev–Trinajstić information content (AvgIpc) is 2.48. The van der Waals surface area contributed by atoms with Gasteiger partial charge in [-0.15, -0.1) is 0 Å². The van der Waals surface area contributed by atoms with Crippen molar-refractivity contribution in [1.29, 1.82) is 0 Å². The number of ether oxygens (including phenoxy) is 1. The number of nitrogens with zero attached hydrogens (tertiary/aromatic N) is 1. The highest BCUT2D eigenvalue weighted by molar-refractivity contribution is 9.08. The van der Waals surface area contributed by atoms with E-state index in [1.165, 1.54) is 18.2 Å². The summed E-state index contributed by atoms with van der Waals surface area (Å²) >= 11 is 8.95. The number of nitro benzene ring substituents is 1. The zero-order valence-corrected chi connectivity index (χ0v) is 13.0. The smallest absolute Gasteiger partial charge is 0.310 e. The monoisotopic (exact) mass is 373 g/mol. The van der Waals surface area contributed by atoms with Gasteiger partial charge in [0.2, 0.25) is 0 Å². The lowest BCUT2D eigenvalue weighted by Crippen LogP contribution is -2.02. The van der Waals surface area contributed by atoms with E-state index in [0.717, 1.165) is 5.56 Å². The Labute approximate surface area is 133 Å². The molecule has 0 aromatic heterocycles. The van der Waals surface area contributed by atoms with Crippen molar-refractivity contribution < 1.29 is 14.1 Å². The molecular weight excluding hydrogens is 365 g/mol. The third kappa shape index (κ3) is 3.71. The second kappa shape index (κ2) is 6.87. The SMILES string of the molecule is O=[N+]([O-])c1ccc(CBr)cc1OCc1cccc(Cl)c1F. The van der Waals surface area contributed by atoms with Crippen LogP contribution in [0.25, 0.3) is 0 Å². The Morgan fingerprint density at radius 1 is 1.33 bits per heavy atom. The zero-order chi connectivity index (χ0) is 15.4. The van der Waals surface area contributed by atoms with Crippen LogP contribution >= 0.6 is 27.5 Å². The number of hydrogen-bond acceptors (Lipinski definition) is 3. The van der Waals surface area contributed by atoms with E-state index in [0.29, 0.717) is 5.33 Å². The maximum absolute atomic E-state index is 13.8. The molecule has 0 saturated heterocycles. The minimum absolute atomic E-state index is 0.0141. The molecule has 7 heteroatoms. The highest BCUT2D eigenvalue weighted by Gasteiger charge is 2.16. The van der Waals surface area contributed by atoms with Gasteiger partial charge in [-0.05, 0) is 17.7 Å². The van der Waals surface area contributed by atoms with Crippen LogP contribution in [0.1, 0.15) is 11.1 Å². The molecule has 2 aromatic rings. The summed E-state index contributed by atoms with van der Waals surface area (Å²) in [6, 6.07) is 9.07. The molecule has 0 aliphatic carbocycles. The molecule has 110 valence electrons. The Balaban J connectivity index is 2.26. The summed E-state index contributed by atoms with van der Waals surface area (Å²) in [5.74, 6) is -0.491. The third-order valence-corrected chi connectivity index (χ3v) is 3.73. The third-order valence-electron chi connectivity index (χ3n) is 2.79. The van der Waals surface area contributed by atoms with Crippen molar-refractivity contribution >= 4 is 33.2 Å². The summed E-state index contributed by atoms with van der Waals surface area (Å²) in [5, 5.41) is 11.5. The van der Waals surface area contributed by atoms with E-state index in [1.54, 1.807) is 18.2 Å². The van der Waals surface area contributed by atoms with E-state index >= 15 is 0 Å². The van der Waals surface area contributed by atoms with Gasteiger partial charge in [-0.25, -0.2) is 4.39 Å².